The average molecular weight is 487 g/mol. The predicted octanol–water partition coefficient (Wildman–Crippen LogP) is 5.24. The third-order valence-corrected chi connectivity index (χ3v) is 7.99. The minimum Gasteiger partial charge on any atom is -0.457 e. The number of aromatic nitrogens is 1. The molecule has 36 heavy (non-hydrogen) atoms. The predicted molar refractivity (Wildman–Crippen MR) is 145 cm³/mol. The largest absolute Gasteiger partial charge is 0.457 e. The number of hydrogen-bond acceptors (Lipinski definition) is 5. The molecule has 4 atom stereocenters. The maximum absolute atomic E-state index is 13.0. The van der Waals surface area contributed by atoms with Gasteiger partial charge >= 0.3 is 0 Å². The van der Waals surface area contributed by atoms with Gasteiger partial charge in [0.1, 0.15) is 18.0 Å². The van der Waals surface area contributed by atoms with Crippen LogP contribution in [0.3, 0.4) is 0 Å². The second kappa shape index (κ2) is 9.06. The topological polar surface area (TPSA) is 87.1 Å². The Labute approximate surface area is 214 Å². The summed E-state index contributed by atoms with van der Waals surface area (Å²) >= 11 is 0. The number of carbonyl (C=O) groups is 1. The van der Waals surface area contributed by atoms with Crippen LogP contribution >= 0.6 is 0 Å². The molecule has 1 unspecified atom stereocenters. The van der Waals surface area contributed by atoms with Gasteiger partial charge in [0.15, 0.2) is 6.04 Å². The molecule has 2 aromatic carbocycles. The maximum Gasteiger partial charge on any atom is 0.251 e. The second-order valence-electron chi connectivity index (χ2n) is 10.4. The van der Waals surface area contributed by atoms with E-state index in [1.165, 1.54) is 0 Å². The van der Waals surface area contributed by atoms with Crippen LogP contribution in [0, 0.1) is 12.3 Å². The van der Waals surface area contributed by atoms with Crippen molar-refractivity contribution in [2.45, 2.75) is 45.3 Å². The number of carbonyl (C=O) groups excluding carboxylic acids is 1. The van der Waals surface area contributed by atoms with Crippen molar-refractivity contribution in [3.05, 3.63) is 71.4 Å². The molecule has 0 saturated carbocycles. The van der Waals surface area contributed by atoms with E-state index in [9.17, 15) is 4.79 Å². The number of benzene rings is 2. The van der Waals surface area contributed by atoms with Crippen LogP contribution in [-0.4, -0.2) is 59.9 Å². The number of piperidine rings is 1. The molecule has 2 fully saturated rings. The molecule has 2 aliphatic rings. The lowest BCUT2D eigenvalue weighted by molar-refractivity contribution is -0.806. The van der Waals surface area contributed by atoms with Gasteiger partial charge in [0.25, 0.3) is 5.91 Å². The molecule has 2 saturated heterocycles. The van der Waals surface area contributed by atoms with Gasteiger partial charge in [-0.15, -0.1) is 0 Å². The van der Waals surface area contributed by atoms with Crippen LogP contribution in [0.15, 0.2) is 54.7 Å². The molecule has 188 valence electrons. The van der Waals surface area contributed by atoms with Gasteiger partial charge in [-0.05, 0) is 56.7 Å². The van der Waals surface area contributed by atoms with Gasteiger partial charge in [0, 0.05) is 61.3 Å². The number of hydrogen-bond donors (Lipinski definition) is 3. The highest BCUT2D eigenvalue weighted by atomic mass is 16.5. The van der Waals surface area contributed by atoms with Crippen LogP contribution in [0.1, 0.15) is 43.2 Å². The van der Waals surface area contributed by atoms with Gasteiger partial charge in [-0.2, -0.15) is 0 Å². The van der Waals surface area contributed by atoms with E-state index in [1.54, 1.807) is 13.1 Å². The third kappa shape index (κ3) is 4.35. The number of ether oxygens (including phenoxy) is 1. The van der Waals surface area contributed by atoms with Crippen molar-refractivity contribution in [3.8, 4) is 22.8 Å². The number of nitrogens with zero attached hydrogens (tertiary/aromatic N) is 2. The second-order valence-corrected chi connectivity index (χ2v) is 10.4. The molecular formula is C29H36N5O2+. The number of likely N-dealkylation sites (N-methyl/N-ethyl adjacent to an activating group) is 1. The van der Waals surface area contributed by atoms with Gasteiger partial charge < -0.3 is 25.3 Å². The lowest BCUT2D eigenvalue weighted by Crippen LogP contribution is -2.38. The first-order chi connectivity index (χ1) is 17.2. The molecule has 7 nitrogen and oxygen atoms in total. The summed E-state index contributed by atoms with van der Waals surface area (Å²) in [5.74, 6) is 1.35. The van der Waals surface area contributed by atoms with E-state index in [0.717, 1.165) is 45.5 Å². The van der Waals surface area contributed by atoms with Gasteiger partial charge in [-0.25, -0.2) is 0 Å². The summed E-state index contributed by atoms with van der Waals surface area (Å²) in [6.07, 6.45) is 2.77. The summed E-state index contributed by atoms with van der Waals surface area (Å²) in [7, 11) is 4.12. The first-order valence-corrected chi connectivity index (χ1v) is 12.5. The van der Waals surface area contributed by atoms with E-state index in [0.29, 0.717) is 34.9 Å². The lowest BCUT2D eigenvalue weighted by Gasteiger charge is -2.15. The third-order valence-electron chi connectivity index (χ3n) is 7.99. The van der Waals surface area contributed by atoms with E-state index in [-0.39, 0.29) is 13.4 Å². The van der Waals surface area contributed by atoms with Crippen molar-refractivity contribution >= 4 is 17.3 Å². The van der Waals surface area contributed by atoms with Crippen molar-refractivity contribution in [2.75, 3.05) is 26.0 Å². The summed E-state index contributed by atoms with van der Waals surface area (Å²) in [6.45, 7) is 7.18. The molecule has 1 amide bonds. The average Bonchev–Trinajstić information content (AvgIpc) is 3.50. The van der Waals surface area contributed by atoms with Crippen LogP contribution in [0.25, 0.3) is 11.3 Å². The Hall–Kier alpha value is -3.71. The molecule has 7 heteroatoms. The number of nitrogens with one attached hydrogen (secondary N) is 3. The number of amides is 1. The molecular weight excluding hydrogens is 450 g/mol. The van der Waals surface area contributed by atoms with Gasteiger partial charge in [-0.3, -0.25) is 9.78 Å². The maximum atomic E-state index is 13.0. The number of rotatable bonds is 7. The van der Waals surface area contributed by atoms with E-state index in [4.69, 9.17) is 10.1 Å². The Balaban J connectivity index is 0.00000320. The Morgan fingerprint density at radius 3 is 2.53 bits per heavy atom. The number of quaternary nitrogens is 1. The monoisotopic (exact) mass is 486 g/mol. The van der Waals surface area contributed by atoms with Crippen molar-refractivity contribution in [3.63, 3.8) is 0 Å². The Morgan fingerprint density at radius 2 is 1.89 bits per heavy atom. The summed E-state index contributed by atoms with van der Waals surface area (Å²) < 4.78 is 7.19. The molecule has 3 aromatic rings. The molecule has 3 heterocycles. The molecule has 0 spiro atoms. The number of aryl methyl sites for hydroxylation is 1. The quantitative estimate of drug-likeness (QED) is 0.242. The van der Waals surface area contributed by atoms with Crippen LogP contribution < -0.4 is 15.4 Å². The first kappa shape index (κ1) is 24.0. The number of fused-ring (bicyclic) bond motifs is 1. The summed E-state index contributed by atoms with van der Waals surface area (Å²) in [4.78, 5) is 17.6. The Morgan fingerprint density at radius 1 is 1.14 bits per heavy atom. The highest BCUT2D eigenvalue weighted by molar-refractivity contribution is 6.01. The fourth-order valence-corrected chi connectivity index (χ4v) is 5.53. The van der Waals surface area contributed by atoms with E-state index < -0.39 is 0 Å². The highest BCUT2D eigenvalue weighted by Gasteiger charge is 2.65. The zero-order valence-corrected chi connectivity index (χ0v) is 21.6. The van der Waals surface area contributed by atoms with Crippen molar-refractivity contribution in [1.29, 1.82) is 5.41 Å². The Kier molecular flexibility index (Phi) is 6.04. The fourth-order valence-electron chi connectivity index (χ4n) is 5.53. The number of pyridine rings is 1. The van der Waals surface area contributed by atoms with Gasteiger partial charge in [-0.1, -0.05) is 6.07 Å². The van der Waals surface area contributed by atoms with Crippen LogP contribution in [0.4, 0.5) is 5.69 Å². The highest BCUT2D eigenvalue weighted by Crippen LogP contribution is 2.43. The van der Waals surface area contributed by atoms with Crippen LogP contribution in [0.2, 0.25) is 0 Å². The zero-order valence-electron chi connectivity index (χ0n) is 21.6. The molecule has 2 aliphatic heterocycles. The molecule has 0 bridgehead atoms. The normalized spacial score (nSPS) is 24.1. The van der Waals surface area contributed by atoms with Crippen molar-refractivity contribution < 1.29 is 15.4 Å². The lowest BCUT2D eigenvalue weighted by atomic mass is 10.0. The molecule has 1 aromatic heterocycles. The van der Waals surface area contributed by atoms with Crippen LogP contribution in [-0.2, 0) is 0 Å². The van der Waals surface area contributed by atoms with Gasteiger partial charge in [0.05, 0.1) is 24.8 Å². The first-order valence-electron chi connectivity index (χ1n) is 12.5. The summed E-state index contributed by atoms with van der Waals surface area (Å²) in [6, 6.07) is 16.6. The summed E-state index contributed by atoms with van der Waals surface area (Å²) in [5, 5.41) is 14.3. The van der Waals surface area contributed by atoms with E-state index >= 15 is 0 Å². The van der Waals surface area contributed by atoms with E-state index in [2.05, 4.69) is 29.6 Å². The molecule has 3 N–H and O–H groups in total. The smallest absolute Gasteiger partial charge is 0.251 e. The fraction of sp³-hybridized carbons (Fsp3) is 0.345. The standard InChI is InChI=1S/C29H33N5O2.H2/c1-17-12-20(6-8-23(17)29(35)33-27-13-18(2)34(5)16-28(27)34)25-14-22(10-11-32-25)36-21-7-9-24(19(3)30)26(15-21)31-4;/h6-12,14-15,18,27-28H,13,16H2,1-5H3,(H2-,30,31,33,35);1H/p+1/t18-,27-,28-,34?;/m1./s1. The Bertz CT molecular complexity index is 1360. The molecule has 5 rings (SSSR count). The SMILES string of the molecule is CNc1cc(Oc2ccnc(-c3ccc(C(=O)N[C@@H]4C[C@@H](C)[N+]5(C)C[C@H]45)c(C)c3)c2)ccc1C(C)=N.[HH]. The van der Waals surface area contributed by atoms with E-state index in [1.807, 2.05) is 62.5 Å². The van der Waals surface area contributed by atoms with Crippen molar-refractivity contribution in [2.24, 2.45) is 0 Å². The minimum absolute atomic E-state index is 0. The molecule has 0 radical (unpaired) electrons. The summed E-state index contributed by atoms with van der Waals surface area (Å²) in [5.41, 5.74) is 5.52. The molecule has 0 aliphatic carbocycles. The van der Waals surface area contributed by atoms with Gasteiger partial charge in [0.2, 0.25) is 0 Å². The van der Waals surface area contributed by atoms with Crippen LogP contribution in [0.5, 0.6) is 11.5 Å². The zero-order chi connectivity index (χ0) is 25.6. The number of anilines is 1. The minimum atomic E-state index is 0. The van der Waals surface area contributed by atoms with Crippen molar-refractivity contribution in [1.82, 2.24) is 10.3 Å².